The van der Waals surface area contributed by atoms with Crippen LogP contribution >= 0.6 is 0 Å². The molecule has 2 aromatic rings. The van der Waals surface area contributed by atoms with Crippen molar-refractivity contribution in [2.75, 3.05) is 19.7 Å². The first-order valence-electron chi connectivity index (χ1n) is 9.50. The Morgan fingerprint density at radius 3 is 2.96 bits per heavy atom. The van der Waals surface area contributed by atoms with Crippen LogP contribution < -0.4 is 5.32 Å². The lowest BCUT2D eigenvalue weighted by molar-refractivity contribution is -0.141. The Morgan fingerprint density at radius 1 is 1.30 bits per heavy atom. The van der Waals surface area contributed by atoms with E-state index in [1.165, 1.54) is 5.56 Å². The Balaban J connectivity index is 1.26. The lowest BCUT2D eigenvalue weighted by Gasteiger charge is -2.43. The Bertz CT molecular complexity index is 898. The number of fused-ring (bicyclic) bond motifs is 3. The molecule has 7 nitrogen and oxygen atoms in total. The molecule has 0 radical (unpaired) electrons. The number of benzene rings is 1. The maximum Gasteiger partial charge on any atom is 0.252 e. The Labute approximate surface area is 157 Å². The summed E-state index contributed by atoms with van der Waals surface area (Å²) in [5.74, 6) is -0.0177. The summed E-state index contributed by atoms with van der Waals surface area (Å²) in [5, 5.41) is 10.2. The summed E-state index contributed by atoms with van der Waals surface area (Å²) in [6.45, 7) is 2.00. The van der Waals surface area contributed by atoms with Crippen LogP contribution in [-0.2, 0) is 21.6 Å². The smallest absolute Gasteiger partial charge is 0.252 e. The second-order valence-electron chi connectivity index (χ2n) is 7.56. The van der Waals surface area contributed by atoms with Crippen LogP contribution in [-0.4, -0.2) is 46.6 Å². The van der Waals surface area contributed by atoms with Crippen molar-refractivity contribution in [1.82, 2.24) is 20.4 Å². The zero-order chi connectivity index (χ0) is 18.4. The van der Waals surface area contributed by atoms with Crippen molar-refractivity contribution in [3.8, 4) is 0 Å². The molecule has 4 heterocycles. The number of aromatic nitrogens is 2. The van der Waals surface area contributed by atoms with E-state index in [9.17, 15) is 9.59 Å². The van der Waals surface area contributed by atoms with Crippen molar-refractivity contribution in [3.05, 3.63) is 52.8 Å². The minimum absolute atomic E-state index is 0.0764. The standard InChI is InChI=1S/C20H22N4O3/c25-17(11-16-14-3-1-2-4-15(14)19(26)22-16)24-8-6-20(7-9-24)18-13(5-10-27-20)12-21-23-18/h1-4,12,16H,5-11H2,(H,21,23)(H,22,26). The van der Waals surface area contributed by atoms with Crippen molar-refractivity contribution in [1.29, 1.82) is 0 Å². The predicted molar refractivity (Wildman–Crippen MR) is 97.0 cm³/mol. The van der Waals surface area contributed by atoms with Gasteiger partial charge in [-0.2, -0.15) is 5.10 Å². The Hall–Kier alpha value is -2.67. The molecular weight excluding hydrogens is 344 g/mol. The fourth-order valence-electron chi connectivity index (χ4n) is 4.62. The number of hydrogen-bond donors (Lipinski definition) is 2. The topological polar surface area (TPSA) is 87.3 Å². The normalized spacial score (nSPS) is 23.0. The summed E-state index contributed by atoms with van der Waals surface area (Å²) in [7, 11) is 0. The molecule has 0 aliphatic carbocycles. The van der Waals surface area contributed by atoms with Gasteiger partial charge in [0.2, 0.25) is 5.91 Å². The van der Waals surface area contributed by atoms with E-state index in [1.54, 1.807) is 0 Å². The van der Waals surface area contributed by atoms with E-state index in [0.29, 0.717) is 31.7 Å². The van der Waals surface area contributed by atoms with E-state index in [1.807, 2.05) is 35.4 Å². The second kappa shape index (κ2) is 6.20. The van der Waals surface area contributed by atoms with Crippen LogP contribution in [0.4, 0.5) is 0 Å². The average Bonchev–Trinajstić information content (AvgIpc) is 3.29. The van der Waals surface area contributed by atoms with E-state index in [2.05, 4.69) is 15.5 Å². The number of nitrogens with zero attached hydrogens (tertiary/aromatic N) is 2. The van der Waals surface area contributed by atoms with Gasteiger partial charge in [-0.05, 0) is 36.5 Å². The van der Waals surface area contributed by atoms with Crippen LogP contribution in [0.2, 0.25) is 0 Å². The monoisotopic (exact) mass is 366 g/mol. The van der Waals surface area contributed by atoms with Crippen LogP contribution in [0.15, 0.2) is 30.5 Å². The summed E-state index contributed by atoms with van der Waals surface area (Å²) < 4.78 is 6.15. The van der Waals surface area contributed by atoms with E-state index < -0.39 is 0 Å². The number of hydrogen-bond acceptors (Lipinski definition) is 4. The summed E-state index contributed by atoms with van der Waals surface area (Å²) in [6.07, 6.45) is 4.60. The van der Waals surface area contributed by atoms with Gasteiger partial charge in [0.15, 0.2) is 0 Å². The largest absolute Gasteiger partial charge is 0.368 e. The molecule has 1 spiro atoms. The van der Waals surface area contributed by atoms with Gasteiger partial charge in [-0.3, -0.25) is 14.7 Å². The van der Waals surface area contributed by atoms with Gasteiger partial charge in [0.1, 0.15) is 5.60 Å². The molecule has 1 saturated heterocycles. The van der Waals surface area contributed by atoms with Crippen LogP contribution in [0.5, 0.6) is 0 Å². The van der Waals surface area contributed by atoms with Crippen molar-refractivity contribution in [2.45, 2.75) is 37.3 Å². The van der Waals surface area contributed by atoms with Gasteiger partial charge < -0.3 is 15.0 Å². The van der Waals surface area contributed by atoms with E-state index >= 15 is 0 Å². The molecule has 0 bridgehead atoms. The zero-order valence-electron chi connectivity index (χ0n) is 15.0. The third-order valence-electron chi connectivity index (χ3n) is 6.11. The number of carbonyl (C=O) groups excluding carboxylic acids is 2. The molecule has 1 atom stereocenters. The Kier molecular flexibility index (Phi) is 3.79. The molecule has 1 aromatic heterocycles. The van der Waals surface area contributed by atoms with Gasteiger partial charge in [0, 0.05) is 18.7 Å². The van der Waals surface area contributed by atoms with Gasteiger partial charge >= 0.3 is 0 Å². The molecule has 3 aliphatic heterocycles. The number of nitrogens with one attached hydrogen (secondary N) is 2. The maximum atomic E-state index is 12.9. The summed E-state index contributed by atoms with van der Waals surface area (Å²) in [4.78, 5) is 26.8. The van der Waals surface area contributed by atoms with Gasteiger partial charge in [-0.25, -0.2) is 0 Å². The van der Waals surface area contributed by atoms with Crippen LogP contribution in [0.3, 0.4) is 0 Å². The van der Waals surface area contributed by atoms with Crippen LogP contribution in [0.25, 0.3) is 0 Å². The van der Waals surface area contributed by atoms with Crippen molar-refractivity contribution >= 4 is 11.8 Å². The van der Waals surface area contributed by atoms with Gasteiger partial charge in [0.05, 0.1) is 31.0 Å². The minimum atomic E-state index is -0.338. The van der Waals surface area contributed by atoms with Gasteiger partial charge in [-0.1, -0.05) is 18.2 Å². The molecule has 5 rings (SSSR count). The first-order valence-corrected chi connectivity index (χ1v) is 9.50. The number of likely N-dealkylation sites (tertiary alicyclic amines) is 1. The molecule has 7 heteroatoms. The highest BCUT2D eigenvalue weighted by atomic mass is 16.5. The first kappa shape index (κ1) is 16.5. The van der Waals surface area contributed by atoms with Crippen molar-refractivity contribution < 1.29 is 14.3 Å². The molecule has 1 fully saturated rings. The third kappa shape index (κ3) is 2.65. The zero-order valence-corrected chi connectivity index (χ0v) is 15.0. The van der Waals surface area contributed by atoms with E-state index in [-0.39, 0.29) is 23.5 Å². The average molecular weight is 366 g/mol. The quantitative estimate of drug-likeness (QED) is 0.846. The molecule has 27 heavy (non-hydrogen) atoms. The summed E-state index contributed by atoms with van der Waals surface area (Å²) in [5.41, 5.74) is 3.57. The molecular formula is C20H22N4O3. The number of amides is 2. The number of H-pyrrole nitrogens is 1. The lowest BCUT2D eigenvalue weighted by atomic mass is 9.83. The Morgan fingerprint density at radius 2 is 2.11 bits per heavy atom. The number of piperidine rings is 1. The maximum absolute atomic E-state index is 12.9. The molecule has 2 N–H and O–H groups in total. The van der Waals surface area contributed by atoms with Gasteiger partial charge in [0.25, 0.3) is 5.91 Å². The summed E-state index contributed by atoms with van der Waals surface area (Å²) in [6, 6.07) is 7.25. The third-order valence-corrected chi connectivity index (χ3v) is 6.11. The van der Waals surface area contributed by atoms with Crippen molar-refractivity contribution in [3.63, 3.8) is 0 Å². The molecule has 3 aliphatic rings. The fourth-order valence-corrected chi connectivity index (χ4v) is 4.62. The molecule has 0 saturated carbocycles. The SMILES string of the molecule is O=C1NC(CC(=O)N2CCC3(CC2)OCCc2cn[nH]c23)c2ccccc21. The number of rotatable bonds is 2. The van der Waals surface area contributed by atoms with E-state index in [4.69, 9.17) is 4.74 Å². The van der Waals surface area contributed by atoms with Crippen LogP contribution in [0.1, 0.15) is 52.5 Å². The predicted octanol–water partition coefficient (Wildman–Crippen LogP) is 1.67. The lowest BCUT2D eigenvalue weighted by Crippen LogP contribution is -2.48. The second-order valence-corrected chi connectivity index (χ2v) is 7.56. The molecule has 2 amide bonds. The highest BCUT2D eigenvalue weighted by Gasteiger charge is 2.43. The molecule has 1 aromatic carbocycles. The highest BCUT2D eigenvalue weighted by molar-refractivity contribution is 5.99. The number of carbonyl (C=O) groups is 2. The summed E-state index contributed by atoms with van der Waals surface area (Å²) >= 11 is 0. The first-order chi connectivity index (χ1) is 13.2. The van der Waals surface area contributed by atoms with Crippen molar-refractivity contribution in [2.24, 2.45) is 0 Å². The minimum Gasteiger partial charge on any atom is -0.368 e. The fraction of sp³-hybridized carbons (Fsp3) is 0.450. The molecule has 140 valence electrons. The molecule has 1 unspecified atom stereocenters. The van der Waals surface area contributed by atoms with Crippen LogP contribution in [0, 0.1) is 0 Å². The van der Waals surface area contributed by atoms with E-state index in [0.717, 1.165) is 30.5 Å². The highest BCUT2D eigenvalue weighted by Crippen LogP contribution is 2.40. The van der Waals surface area contributed by atoms with Gasteiger partial charge in [-0.15, -0.1) is 0 Å². The number of ether oxygens (including phenoxy) is 1. The number of aromatic amines is 1.